The van der Waals surface area contributed by atoms with Crippen LogP contribution in [0.1, 0.15) is 0 Å². The summed E-state index contributed by atoms with van der Waals surface area (Å²) in [5.41, 5.74) is 2.84. The maximum absolute atomic E-state index is 6.08. The first-order chi connectivity index (χ1) is 10.3. The van der Waals surface area contributed by atoms with Crippen molar-refractivity contribution in [2.75, 3.05) is 25.6 Å². The number of H-pyrrole nitrogens is 1. The number of methoxy groups -OCH3 is 1. The van der Waals surface area contributed by atoms with Gasteiger partial charge in [0.2, 0.25) is 0 Å². The van der Waals surface area contributed by atoms with Crippen LogP contribution in [0, 0.1) is 0 Å². The molecule has 0 bridgehead atoms. The number of nitrogens with zero attached hydrogens (tertiary/aromatic N) is 2. The molecule has 0 atom stereocenters. The van der Waals surface area contributed by atoms with Crippen molar-refractivity contribution < 1.29 is 4.74 Å². The summed E-state index contributed by atoms with van der Waals surface area (Å²) in [4.78, 5) is 11.8. The van der Waals surface area contributed by atoms with Crippen molar-refractivity contribution in [1.29, 1.82) is 0 Å². The molecule has 2 heterocycles. The topological polar surface area (TPSA) is 62.8 Å². The highest BCUT2D eigenvalue weighted by atomic mass is 35.5. The Morgan fingerprint density at radius 2 is 2.24 bits per heavy atom. The molecule has 21 heavy (non-hydrogen) atoms. The maximum atomic E-state index is 6.08. The summed E-state index contributed by atoms with van der Waals surface area (Å²) in [5.74, 6) is 0.785. The molecule has 0 radical (unpaired) electrons. The van der Waals surface area contributed by atoms with Gasteiger partial charge in [-0.2, -0.15) is 0 Å². The predicted molar refractivity (Wildman–Crippen MR) is 84.7 cm³/mol. The summed E-state index contributed by atoms with van der Waals surface area (Å²) in [5, 5.41) is 4.93. The average molecular weight is 303 g/mol. The fourth-order valence-corrected chi connectivity index (χ4v) is 2.44. The van der Waals surface area contributed by atoms with Crippen LogP contribution in [-0.4, -0.2) is 35.2 Å². The average Bonchev–Trinajstić information content (AvgIpc) is 2.92. The van der Waals surface area contributed by atoms with Crippen molar-refractivity contribution >= 4 is 28.5 Å². The van der Waals surface area contributed by atoms with Crippen LogP contribution in [0.25, 0.3) is 22.2 Å². The van der Waals surface area contributed by atoms with Crippen LogP contribution in [0.15, 0.2) is 36.8 Å². The lowest BCUT2D eigenvalue weighted by Gasteiger charge is -2.07. The van der Waals surface area contributed by atoms with Gasteiger partial charge in [-0.25, -0.2) is 9.97 Å². The summed E-state index contributed by atoms with van der Waals surface area (Å²) >= 11 is 6.08. The molecule has 3 rings (SSSR count). The molecule has 0 aliphatic heterocycles. The lowest BCUT2D eigenvalue weighted by atomic mass is 10.1. The predicted octanol–water partition coefficient (Wildman–Crippen LogP) is 3.34. The summed E-state index contributed by atoms with van der Waals surface area (Å²) in [7, 11) is 1.67. The Morgan fingerprint density at radius 1 is 1.33 bits per heavy atom. The fourth-order valence-electron chi connectivity index (χ4n) is 2.25. The molecule has 2 N–H and O–H groups in total. The van der Waals surface area contributed by atoms with Crippen molar-refractivity contribution in [2.24, 2.45) is 0 Å². The van der Waals surface area contributed by atoms with Crippen molar-refractivity contribution in [3.8, 4) is 11.1 Å². The second-order valence-electron chi connectivity index (χ2n) is 4.58. The number of hydrogen-bond acceptors (Lipinski definition) is 4. The van der Waals surface area contributed by atoms with Crippen molar-refractivity contribution in [1.82, 2.24) is 15.0 Å². The van der Waals surface area contributed by atoms with Gasteiger partial charge in [-0.15, -0.1) is 0 Å². The largest absolute Gasteiger partial charge is 0.383 e. The molecule has 0 unspecified atom stereocenters. The number of aromatic amines is 1. The smallest absolute Gasteiger partial charge is 0.143 e. The zero-order valence-electron chi connectivity index (χ0n) is 11.6. The number of hydrogen-bond donors (Lipinski definition) is 2. The number of fused-ring (bicyclic) bond motifs is 1. The Hall–Kier alpha value is -2.11. The van der Waals surface area contributed by atoms with Crippen molar-refractivity contribution in [3.05, 3.63) is 41.8 Å². The number of anilines is 1. The van der Waals surface area contributed by atoms with Gasteiger partial charge in [-0.05, 0) is 17.7 Å². The first-order valence-corrected chi connectivity index (χ1v) is 6.98. The normalized spacial score (nSPS) is 11.0. The van der Waals surface area contributed by atoms with E-state index < -0.39 is 0 Å². The fraction of sp³-hybridized carbons (Fsp3) is 0.200. The monoisotopic (exact) mass is 302 g/mol. The van der Waals surface area contributed by atoms with Crippen molar-refractivity contribution in [2.45, 2.75) is 0 Å². The Labute approximate surface area is 127 Å². The summed E-state index contributed by atoms with van der Waals surface area (Å²) in [6.45, 7) is 1.30. The number of benzene rings is 1. The van der Waals surface area contributed by atoms with Gasteiger partial charge in [0.15, 0.2) is 0 Å². The van der Waals surface area contributed by atoms with Crippen molar-refractivity contribution in [3.63, 3.8) is 0 Å². The van der Waals surface area contributed by atoms with E-state index >= 15 is 0 Å². The third-order valence-electron chi connectivity index (χ3n) is 3.20. The van der Waals surface area contributed by atoms with E-state index in [1.165, 1.54) is 6.33 Å². The lowest BCUT2D eigenvalue weighted by molar-refractivity contribution is 0.210. The summed E-state index contributed by atoms with van der Waals surface area (Å²) < 4.78 is 5.06. The minimum Gasteiger partial charge on any atom is -0.383 e. The second kappa shape index (κ2) is 6.11. The van der Waals surface area contributed by atoms with E-state index in [0.717, 1.165) is 28.0 Å². The van der Waals surface area contributed by atoms with E-state index in [9.17, 15) is 0 Å². The highest BCUT2D eigenvalue weighted by Crippen LogP contribution is 2.32. The molecule has 0 fully saturated rings. The van der Waals surface area contributed by atoms with E-state index in [1.54, 1.807) is 7.11 Å². The summed E-state index contributed by atoms with van der Waals surface area (Å²) in [6, 6.07) is 7.73. The third-order valence-corrected chi connectivity index (χ3v) is 3.44. The molecule has 3 aromatic rings. The molecule has 1 aromatic carbocycles. The molecule has 0 saturated carbocycles. The van der Waals surface area contributed by atoms with Gasteiger partial charge in [0, 0.05) is 30.4 Å². The van der Waals surface area contributed by atoms with E-state index in [4.69, 9.17) is 16.3 Å². The molecule has 5 nitrogen and oxygen atoms in total. The number of nitrogens with one attached hydrogen (secondary N) is 2. The van der Waals surface area contributed by atoms with Gasteiger partial charge in [0.25, 0.3) is 0 Å². The number of aromatic nitrogens is 3. The van der Waals surface area contributed by atoms with E-state index in [0.29, 0.717) is 18.2 Å². The van der Waals surface area contributed by atoms with Crippen LogP contribution >= 0.6 is 11.6 Å². The molecule has 0 saturated heterocycles. The van der Waals surface area contributed by atoms with Gasteiger partial charge in [-0.3, -0.25) is 0 Å². The molecule has 6 heteroatoms. The van der Waals surface area contributed by atoms with Crippen LogP contribution in [0.3, 0.4) is 0 Å². The number of halogens is 1. The minimum absolute atomic E-state index is 0.614. The van der Waals surface area contributed by atoms with Gasteiger partial charge in [-0.1, -0.05) is 23.7 Å². The van der Waals surface area contributed by atoms with Crippen LogP contribution in [-0.2, 0) is 4.74 Å². The molecular formula is C15H15ClN4O. The maximum Gasteiger partial charge on any atom is 0.143 e. The SMILES string of the molecule is COCCNc1ncnc2[nH]cc(-c3cccc(Cl)c3)c12. The molecule has 0 amide bonds. The second-order valence-corrected chi connectivity index (χ2v) is 5.01. The molecule has 0 aliphatic carbocycles. The zero-order chi connectivity index (χ0) is 14.7. The molecule has 2 aromatic heterocycles. The molecule has 108 valence electrons. The third kappa shape index (κ3) is 2.84. The quantitative estimate of drug-likeness (QED) is 0.710. The van der Waals surface area contributed by atoms with Crippen LogP contribution in [0.5, 0.6) is 0 Å². The lowest BCUT2D eigenvalue weighted by Crippen LogP contribution is -2.09. The van der Waals surface area contributed by atoms with E-state index in [1.807, 2.05) is 30.5 Å². The summed E-state index contributed by atoms with van der Waals surface area (Å²) in [6.07, 6.45) is 3.46. The Kier molecular flexibility index (Phi) is 4.03. The Bertz CT molecular complexity index is 756. The molecule has 0 spiro atoms. The first-order valence-electron chi connectivity index (χ1n) is 6.60. The zero-order valence-corrected chi connectivity index (χ0v) is 12.3. The van der Waals surface area contributed by atoms with Crippen LogP contribution in [0.2, 0.25) is 5.02 Å². The van der Waals surface area contributed by atoms with Gasteiger partial charge in [0.05, 0.1) is 12.0 Å². The van der Waals surface area contributed by atoms with Gasteiger partial charge in [0.1, 0.15) is 17.8 Å². The Morgan fingerprint density at radius 3 is 3.05 bits per heavy atom. The van der Waals surface area contributed by atoms with Gasteiger partial charge >= 0.3 is 0 Å². The van der Waals surface area contributed by atoms with E-state index in [2.05, 4.69) is 20.3 Å². The standard InChI is InChI=1S/C15H15ClN4O/c1-21-6-5-17-14-13-12(8-18-15(13)20-9-19-14)10-3-2-4-11(16)7-10/h2-4,7-9H,5-6H2,1H3,(H2,17,18,19,20). The highest BCUT2D eigenvalue weighted by Gasteiger charge is 2.12. The van der Waals surface area contributed by atoms with Crippen LogP contribution < -0.4 is 5.32 Å². The Balaban J connectivity index is 2.07. The number of ether oxygens (including phenoxy) is 1. The molecular weight excluding hydrogens is 288 g/mol. The van der Waals surface area contributed by atoms with E-state index in [-0.39, 0.29) is 0 Å². The minimum atomic E-state index is 0.614. The van der Waals surface area contributed by atoms with Gasteiger partial charge < -0.3 is 15.0 Å². The number of rotatable bonds is 5. The van der Waals surface area contributed by atoms with Crippen LogP contribution in [0.4, 0.5) is 5.82 Å². The first kappa shape index (κ1) is 13.9. The molecule has 0 aliphatic rings. The highest BCUT2D eigenvalue weighted by molar-refractivity contribution is 6.30.